The van der Waals surface area contributed by atoms with E-state index in [0.717, 1.165) is 23.5 Å². The first kappa shape index (κ1) is 14.4. The zero-order valence-electron chi connectivity index (χ0n) is 11.6. The van der Waals surface area contributed by atoms with Gasteiger partial charge in [0.2, 0.25) is 0 Å². The Morgan fingerprint density at radius 2 is 2.05 bits per heavy atom. The lowest BCUT2D eigenvalue weighted by atomic mass is 10.2. The van der Waals surface area contributed by atoms with Crippen molar-refractivity contribution < 1.29 is 9.84 Å². The standard InChI is InChI=1S/C16H17NO2S/c1-17(14-5-7-15(19-2)8-6-14)11-16-10-13(12-20-16)4-3-9-18/h5-8,10,12,18H,9,11H2,1-2H3. The molecule has 0 unspecified atom stereocenters. The quantitative estimate of drug-likeness (QED) is 0.878. The molecule has 2 aromatic rings. The summed E-state index contributed by atoms with van der Waals surface area (Å²) in [5.74, 6) is 6.44. The smallest absolute Gasteiger partial charge is 0.119 e. The van der Waals surface area contributed by atoms with E-state index >= 15 is 0 Å². The second kappa shape index (κ2) is 6.99. The molecule has 0 amide bonds. The van der Waals surface area contributed by atoms with Crippen molar-refractivity contribution in [3.05, 3.63) is 46.2 Å². The number of ether oxygens (including phenoxy) is 1. The molecule has 0 radical (unpaired) electrons. The number of benzene rings is 1. The highest BCUT2D eigenvalue weighted by Crippen LogP contribution is 2.22. The lowest BCUT2D eigenvalue weighted by molar-refractivity contribution is 0.350. The number of thiophene rings is 1. The minimum absolute atomic E-state index is 0.100. The Hall–Kier alpha value is -1.96. The SMILES string of the molecule is COc1ccc(N(C)Cc2cc(C#CCO)cs2)cc1. The van der Waals surface area contributed by atoms with E-state index in [2.05, 4.69) is 29.9 Å². The minimum Gasteiger partial charge on any atom is -0.497 e. The fourth-order valence-electron chi connectivity index (χ4n) is 1.83. The summed E-state index contributed by atoms with van der Waals surface area (Å²) in [6.45, 7) is 0.731. The van der Waals surface area contributed by atoms with Gasteiger partial charge in [-0.05, 0) is 30.3 Å². The molecule has 0 saturated carbocycles. The van der Waals surface area contributed by atoms with Crippen molar-refractivity contribution in [3.8, 4) is 17.6 Å². The molecule has 4 heteroatoms. The second-order valence-corrected chi connectivity index (χ2v) is 5.31. The fraction of sp³-hybridized carbons (Fsp3) is 0.250. The molecule has 1 aromatic carbocycles. The number of hydrogen-bond donors (Lipinski definition) is 1. The summed E-state index contributed by atoms with van der Waals surface area (Å²) < 4.78 is 5.16. The molecule has 0 aliphatic carbocycles. The third-order valence-corrected chi connectivity index (χ3v) is 3.79. The molecule has 0 fully saturated rings. The van der Waals surface area contributed by atoms with Gasteiger partial charge in [0.15, 0.2) is 0 Å². The third-order valence-electron chi connectivity index (χ3n) is 2.87. The Kier molecular flexibility index (Phi) is 5.05. The van der Waals surface area contributed by atoms with Gasteiger partial charge in [0.1, 0.15) is 12.4 Å². The van der Waals surface area contributed by atoms with E-state index in [9.17, 15) is 0 Å². The van der Waals surface area contributed by atoms with Crippen molar-refractivity contribution >= 4 is 17.0 Å². The van der Waals surface area contributed by atoms with Gasteiger partial charge in [-0.2, -0.15) is 0 Å². The van der Waals surface area contributed by atoms with E-state index in [1.807, 2.05) is 29.6 Å². The molecule has 0 atom stereocenters. The van der Waals surface area contributed by atoms with Crippen LogP contribution in [-0.2, 0) is 6.54 Å². The van der Waals surface area contributed by atoms with E-state index < -0.39 is 0 Å². The van der Waals surface area contributed by atoms with Crippen molar-refractivity contribution in [2.75, 3.05) is 25.7 Å². The molecule has 0 aliphatic heterocycles. The predicted octanol–water partition coefficient (Wildman–Crippen LogP) is 2.74. The number of hydrogen-bond acceptors (Lipinski definition) is 4. The molecule has 2 rings (SSSR count). The Bertz CT molecular complexity index is 607. The van der Waals surface area contributed by atoms with Crippen molar-refractivity contribution in [2.24, 2.45) is 0 Å². The molecular formula is C16H17NO2S. The summed E-state index contributed by atoms with van der Waals surface area (Å²) in [5, 5.41) is 10.7. The van der Waals surface area contributed by atoms with Crippen LogP contribution in [0.15, 0.2) is 35.7 Å². The zero-order chi connectivity index (χ0) is 14.4. The molecular weight excluding hydrogens is 270 g/mol. The maximum atomic E-state index is 8.68. The van der Waals surface area contributed by atoms with Gasteiger partial charge in [0, 0.05) is 28.6 Å². The number of nitrogens with zero attached hydrogens (tertiary/aromatic N) is 1. The fourth-order valence-corrected chi connectivity index (χ4v) is 2.70. The Morgan fingerprint density at radius 3 is 2.70 bits per heavy atom. The number of rotatable bonds is 4. The lowest BCUT2D eigenvalue weighted by Gasteiger charge is -2.18. The van der Waals surface area contributed by atoms with Crippen LogP contribution < -0.4 is 9.64 Å². The van der Waals surface area contributed by atoms with Crippen LogP contribution in [0.4, 0.5) is 5.69 Å². The lowest BCUT2D eigenvalue weighted by Crippen LogP contribution is -2.15. The van der Waals surface area contributed by atoms with Gasteiger partial charge in [-0.25, -0.2) is 0 Å². The normalized spacial score (nSPS) is 9.75. The van der Waals surface area contributed by atoms with E-state index in [1.165, 1.54) is 4.88 Å². The average molecular weight is 287 g/mol. The van der Waals surface area contributed by atoms with Crippen LogP contribution in [-0.4, -0.2) is 25.9 Å². The molecule has 1 aromatic heterocycles. The van der Waals surface area contributed by atoms with Crippen LogP contribution in [0.1, 0.15) is 10.4 Å². The second-order valence-electron chi connectivity index (χ2n) is 4.32. The predicted molar refractivity (Wildman–Crippen MR) is 83.4 cm³/mol. The van der Waals surface area contributed by atoms with Gasteiger partial charge in [-0.15, -0.1) is 11.3 Å². The van der Waals surface area contributed by atoms with Crippen LogP contribution in [0.5, 0.6) is 5.75 Å². The highest BCUT2D eigenvalue weighted by molar-refractivity contribution is 7.10. The summed E-state index contributed by atoms with van der Waals surface area (Å²) in [4.78, 5) is 3.42. The first-order valence-corrected chi connectivity index (χ1v) is 7.13. The van der Waals surface area contributed by atoms with Gasteiger partial charge in [0.05, 0.1) is 13.7 Å². The topological polar surface area (TPSA) is 32.7 Å². The average Bonchev–Trinajstić information content (AvgIpc) is 2.92. The molecule has 3 nitrogen and oxygen atoms in total. The first-order valence-electron chi connectivity index (χ1n) is 6.25. The molecule has 1 heterocycles. The summed E-state index contributed by atoms with van der Waals surface area (Å²) >= 11 is 1.68. The van der Waals surface area contributed by atoms with Crippen LogP contribution in [0.25, 0.3) is 0 Å². The molecule has 20 heavy (non-hydrogen) atoms. The maximum Gasteiger partial charge on any atom is 0.119 e. The highest BCUT2D eigenvalue weighted by atomic mass is 32.1. The number of methoxy groups -OCH3 is 1. The molecule has 0 bridgehead atoms. The molecule has 104 valence electrons. The van der Waals surface area contributed by atoms with Crippen LogP contribution >= 0.6 is 11.3 Å². The Balaban J connectivity index is 2.02. The summed E-state index contributed by atoms with van der Waals surface area (Å²) in [6.07, 6.45) is 0. The van der Waals surface area contributed by atoms with Crippen LogP contribution in [0.2, 0.25) is 0 Å². The summed E-state index contributed by atoms with van der Waals surface area (Å²) in [7, 11) is 3.72. The van der Waals surface area contributed by atoms with Gasteiger partial charge >= 0.3 is 0 Å². The van der Waals surface area contributed by atoms with Crippen LogP contribution in [0.3, 0.4) is 0 Å². The summed E-state index contributed by atoms with van der Waals surface area (Å²) in [5.41, 5.74) is 2.10. The third kappa shape index (κ3) is 3.77. The molecule has 0 spiro atoms. The van der Waals surface area contributed by atoms with Gasteiger partial charge in [-0.3, -0.25) is 0 Å². The van der Waals surface area contributed by atoms with Crippen molar-refractivity contribution in [3.63, 3.8) is 0 Å². The van der Waals surface area contributed by atoms with E-state index in [0.29, 0.717) is 0 Å². The number of aliphatic hydroxyl groups excluding tert-OH is 1. The molecule has 0 saturated heterocycles. The summed E-state index contributed by atoms with van der Waals surface area (Å²) in [6, 6.07) is 10.1. The number of aliphatic hydroxyl groups is 1. The largest absolute Gasteiger partial charge is 0.497 e. The number of anilines is 1. The molecule has 0 aliphatic rings. The Morgan fingerprint density at radius 1 is 1.30 bits per heavy atom. The van der Waals surface area contributed by atoms with Gasteiger partial charge in [0.25, 0.3) is 0 Å². The van der Waals surface area contributed by atoms with E-state index in [1.54, 1.807) is 18.4 Å². The first-order chi connectivity index (χ1) is 9.72. The minimum atomic E-state index is -0.100. The maximum absolute atomic E-state index is 8.68. The van der Waals surface area contributed by atoms with E-state index in [4.69, 9.17) is 9.84 Å². The van der Waals surface area contributed by atoms with E-state index in [-0.39, 0.29) is 6.61 Å². The van der Waals surface area contributed by atoms with Crippen molar-refractivity contribution in [2.45, 2.75) is 6.54 Å². The Labute approximate surface area is 123 Å². The zero-order valence-corrected chi connectivity index (χ0v) is 12.4. The molecule has 1 N–H and O–H groups in total. The van der Waals surface area contributed by atoms with Crippen molar-refractivity contribution in [1.82, 2.24) is 0 Å². The van der Waals surface area contributed by atoms with Gasteiger partial charge < -0.3 is 14.7 Å². The van der Waals surface area contributed by atoms with Crippen molar-refractivity contribution in [1.29, 1.82) is 0 Å². The van der Waals surface area contributed by atoms with Gasteiger partial charge in [-0.1, -0.05) is 11.8 Å². The monoisotopic (exact) mass is 287 g/mol. The van der Waals surface area contributed by atoms with Crippen LogP contribution in [0, 0.1) is 11.8 Å². The highest BCUT2D eigenvalue weighted by Gasteiger charge is 2.04.